The lowest BCUT2D eigenvalue weighted by Gasteiger charge is -2.32. The third-order valence-corrected chi connectivity index (χ3v) is 4.12. The Hall–Kier alpha value is -2.68. The van der Waals surface area contributed by atoms with Gasteiger partial charge in [-0.15, -0.1) is 0 Å². The average molecular weight is 394 g/mol. The van der Waals surface area contributed by atoms with Crippen LogP contribution in [0.15, 0.2) is 23.3 Å². The maximum atomic E-state index is 12.7. The van der Waals surface area contributed by atoms with Gasteiger partial charge >= 0.3 is 11.8 Å². The van der Waals surface area contributed by atoms with Crippen molar-refractivity contribution in [1.29, 1.82) is 0 Å². The van der Waals surface area contributed by atoms with E-state index in [2.05, 4.69) is 10.1 Å². The number of aldehydes is 1. The van der Waals surface area contributed by atoms with E-state index in [0.29, 0.717) is 22.7 Å². The minimum absolute atomic E-state index is 0.0513. The molecule has 144 valence electrons. The Kier molecular flexibility index (Phi) is 5.05. The number of ether oxygens (including phenoxy) is 1. The van der Waals surface area contributed by atoms with Gasteiger partial charge < -0.3 is 9.53 Å². The molecule has 1 aliphatic heterocycles. The first kappa shape index (κ1) is 19.1. The molecule has 0 N–H and O–H groups in total. The first-order chi connectivity index (χ1) is 12.7. The second-order valence-corrected chi connectivity index (χ2v) is 7.74. The Bertz CT molecular complexity index is 930. The molecule has 1 aliphatic rings. The number of fused-ring (bicyclic) bond motifs is 1. The summed E-state index contributed by atoms with van der Waals surface area (Å²) in [6, 6.07) is 0.865. The molecule has 0 saturated heterocycles. The lowest BCUT2D eigenvalue weighted by molar-refractivity contribution is -0.111. The zero-order chi connectivity index (χ0) is 19.8. The molecule has 2 aromatic heterocycles. The van der Waals surface area contributed by atoms with Crippen LogP contribution in [0, 0.1) is 0 Å². The summed E-state index contributed by atoms with van der Waals surface area (Å²) in [7, 11) is 0. The van der Waals surface area contributed by atoms with Gasteiger partial charge in [-0.1, -0.05) is 11.6 Å². The van der Waals surface area contributed by atoms with E-state index >= 15 is 0 Å². The van der Waals surface area contributed by atoms with E-state index in [1.165, 1.54) is 20.3 Å². The molecule has 0 spiro atoms. The lowest BCUT2D eigenvalue weighted by atomic mass is 10.2. The van der Waals surface area contributed by atoms with E-state index in [1.807, 2.05) is 0 Å². The predicted octanol–water partition coefficient (Wildman–Crippen LogP) is 1.63. The molecule has 9 nitrogen and oxygen atoms in total. The molecule has 3 heterocycles. The Morgan fingerprint density at radius 1 is 1.41 bits per heavy atom. The highest BCUT2D eigenvalue weighted by molar-refractivity contribution is 6.30. The molecule has 0 saturated carbocycles. The summed E-state index contributed by atoms with van der Waals surface area (Å²) >= 11 is 5.92. The maximum absolute atomic E-state index is 12.7. The van der Waals surface area contributed by atoms with Crippen LogP contribution in [0.5, 0.6) is 0 Å². The highest BCUT2D eigenvalue weighted by Gasteiger charge is 2.34. The van der Waals surface area contributed by atoms with Crippen LogP contribution < -0.4 is 5.69 Å². The van der Waals surface area contributed by atoms with E-state index in [9.17, 15) is 14.4 Å². The van der Waals surface area contributed by atoms with Crippen molar-refractivity contribution in [2.75, 3.05) is 6.54 Å². The topological polar surface area (TPSA) is 99.3 Å². The number of rotatable bonds is 3. The van der Waals surface area contributed by atoms with Crippen LogP contribution in [0.2, 0.25) is 5.02 Å². The molecule has 0 aromatic carbocycles. The van der Waals surface area contributed by atoms with E-state index in [0.717, 1.165) is 0 Å². The summed E-state index contributed by atoms with van der Waals surface area (Å²) in [5.74, 6) is 0.323. The molecule has 1 amide bonds. The fourth-order valence-electron chi connectivity index (χ4n) is 2.84. The normalized spacial score (nSPS) is 16.7. The SMILES string of the molecule is CC(C)(C)OC(=O)N1Cc2nn(Cc3cncc(Cl)c3)c(=O)n2C(C=O)C1. The van der Waals surface area contributed by atoms with Crippen molar-refractivity contribution in [1.82, 2.24) is 24.2 Å². The van der Waals surface area contributed by atoms with Gasteiger partial charge in [-0.25, -0.2) is 14.3 Å². The van der Waals surface area contributed by atoms with Crippen molar-refractivity contribution >= 4 is 24.0 Å². The number of amides is 1. The Morgan fingerprint density at radius 2 is 2.15 bits per heavy atom. The summed E-state index contributed by atoms with van der Waals surface area (Å²) < 4.78 is 7.90. The summed E-state index contributed by atoms with van der Waals surface area (Å²) in [5.41, 5.74) is -0.387. The number of carbonyl (C=O) groups is 2. The second kappa shape index (κ2) is 7.15. The molecule has 10 heteroatoms. The van der Waals surface area contributed by atoms with E-state index in [-0.39, 0.29) is 19.6 Å². The van der Waals surface area contributed by atoms with Crippen LogP contribution in [0.25, 0.3) is 0 Å². The first-order valence-electron chi connectivity index (χ1n) is 8.39. The number of hydrogen-bond donors (Lipinski definition) is 0. The smallest absolute Gasteiger partial charge is 0.410 e. The molecule has 1 atom stereocenters. The third-order valence-electron chi connectivity index (χ3n) is 3.92. The number of pyridine rings is 1. The number of carbonyl (C=O) groups excluding carboxylic acids is 2. The summed E-state index contributed by atoms with van der Waals surface area (Å²) in [4.78, 5) is 41.9. The van der Waals surface area contributed by atoms with E-state index < -0.39 is 23.4 Å². The number of nitrogens with zero attached hydrogens (tertiary/aromatic N) is 5. The molecule has 0 radical (unpaired) electrons. The Morgan fingerprint density at radius 3 is 2.78 bits per heavy atom. The van der Waals surface area contributed by atoms with Crippen LogP contribution in [0.1, 0.15) is 38.2 Å². The highest BCUT2D eigenvalue weighted by Crippen LogP contribution is 2.20. The summed E-state index contributed by atoms with van der Waals surface area (Å²) in [6.45, 7) is 5.57. The van der Waals surface area contributed by atoms with Gasteiger partial charge in [-0.3, -0.25) is 14.5 Å². The molecule has 3 rings (SSSR count). The summed E-state index contributed by atoms with van der Waals surface area (Å²) in [5, 5.41) is 4.74. The van der Waals surface area contributed by atoms with E-state index in [4.69, 9.17) is 16.3 Å². The zero-order valence-corrected chi connectivity index (χ0v) is 16.0. The number of aromatic nitrogens is 4. The molecule has 0 fully saturated rings. The van der Waals surface area contributed by atoms with Crippen LogP contribution in [-0.4, -0.2) is 48.8 Å². The van der Waals surface area contributed by atoms with Gasteiger partial charge in [-0.2, -0.15) is 5.10 Å². The Balaban J connectivity index is 1.89. The minimum atomic E-state index is -0.819. The maximum Gasteiger partial charge on any atom is 0.410 e. The van der Waals surface area contributed by atoms with E-state index in [1.54, 1.807) is 33.0 Å². The molecule has 0 aliphatic carbocycles. The fraction of sp³-hybridized carbons (Fsp3) is 0.471. The average Bonchev–Trinajstić information content (AvgIpc) is 2.88. The monoisotopic (exact) mass is 393 g/mol. The van der Waals surface area contributed by atoms with Crippen molar-refractivity contribution in [3.8, 4) is 0 Å². The van der Waals surface area contributed by atoms with Crippen molar-refractivity contribution in [3.63, 3.8) is 0 Å². The van der Waals surface area contributed by atoms with Gasteiger partial charge in [-0.05, 0) is 32.4 Å². The summed E-state index contributed by atoms with van der Waals surface area (Å²) in [6.07, 6.45) is 3.16. The fourth-order valence-corrected chi connectivity index (χ4v) is 3.03. The van der Waals surface area contributed by atoms with Gasteiger partial charge in [0.05, 0.1) is 24.7 Å². The van der Waals surface area contributed by atoms with Gasteiger partial charge in [0.2, 0.25) is 0 Å². The first-order valence-corrected chi connectivity index (χ1v) is 8.76. The molecular weight excluding hydrogens is 374 g/mol. The lowest BCUT2D eigenvalue weighted by Crippen LogP contribution is -2.46. The van der Waals surface area contributed by atoms with Crippen LogP contribution in [-0.2, 0) is 22.6 Å². The van der Waals surface area contributed by atoms with Gasteiger partial charge in [0.15, 0.2) is 5.82 Å². The second-order valence-electron chi connectivity index (χ2n) is 7.30. The molecule has 0 bridgehead atoms. The quantitative estimate of drug-likeness (QED) is 0.735. The molecular formula is C17H20ClN5O4. The standard InChI is InChI=1S/C17H20ClN5O4/c1-17(2,3)27-16(26)21-8-13(10-24)23-14(9-21)20-22(15(23)25)7-11-4-12(18)6-19-5-11/h4-6,10,13H,7-9H2,1-3H3. The largest absolute Gasteiger partial charge is 0.444 e. The minimum Gasteiger partial charge on any atom is -0.444 e. The predicted molar refractivity (Wildman–Crippen MR) is 96.6 cm³/mol. The van der Waals surface area contributed by atoms with Crippen molar-refractivity contribution < 1.29 is 14.3 Å². The van der Waals surface area contributed by atoms with Crippen molar-refractivity contribution in [3.05, 3.63) is 45.4 Å². The molecule has 2 aromatic rings. The van der Waals surface area contributed by atoms with Crippen LogP contribution in [0.4, 0.5) is 4.79 Å². The van der Waals surface area contributed by atoms with Crippen LogP contribution in [0.3, 0.4) is 0 Å². The number of hydrogen-bond acceptors (Lipinski definition) is 6. The van der Waals surface area contributed by atoms with Gasteiger partial charge in [0.25, 0.3) is 0 Å². The van der Waals surface area contributed by atoms with Crippen molar-refractivity contribution in [2.45, 2.75) is 45.5 Å². The molecule has 27 heavy (non-hydrogen) atoms. The Labute approximate surface area is 160 Å². The van der Waals surface area contributed by atoms with Gasteiger partial charge in [0.1, 0.15) is 17.9 Å². The third kappa shape index (κ3) is 4.19. The van der Waals surface area contributed by atoms with Crippen molar-refractivity contribution in [2.24, 2.45) is 0 Å². The van der Waals surface area contributed by atoms with Gasteiger partial charge in [0, 0.05) is 12.4 Å². The zero-order valence-electron chi connectivity index (χ0n) is 15.3. The number of halogens is 1. The van der Waals surface area contributed by atoms with Crippen LogP contribution >= 0.6 is 11.6 Å². The highest BCUT2D eigenvalue weighted by atomic mass is 35.5. The molecule has 1 unspecified atom stereocenters.